The van der Waals surface area contributed by atoms with Gasteiger partial charge in [0.1, 0.15) is 28.7 Å². The van der Waals surface area contributed by atoms with Crippen molar-refractivity contribution in [1.82, 2.24) is 29.7 Å². The van der Waals surface area contributed by atoms with E-state index in [1.54, 1.807) is 6.20 Å². The highest BCUT2D eigenvalue weighted by Gasteiger charge is 2.38. The Bertz CT molecular complexity index is 1490. The lowest BCUT2D eigenvalue weighted by Crippen LogP contribution is -2.41. The minimum absolute atomic E-state index is 0.115. The number of hydrogen-bond acceptors (Lipinski definition) is 6. The molecule has 4 radical (unpaired) electrons. The Labute approximate surface area is 209 Å². The summed E-state index contributed by atoms with van der Waals surface area (Å²) >= 11 is 0. The molecule has 36 heavy (non-hydrogen) atoms. The topological polar surface area (TPSA) is 78.6 Å². The normalized spacial score (nSPS) is 21.7. The summed E-state index contributed by atoms with van der Waals surface area (Å²) in [5.74, 6) is -1.33. The monoisotopic (exact) mass is 482 g/mol. The first-order valence-corrected chi connectivity index (χ1v) is 11.9. The van der Waals surface area contributed by atoms with Crippen molar-refractivity contribution < 1.29 is 13.5 Å². The average Bonchev–Trinajstić information content (AvgIpc) is 3.55. The van der Waals surface area contributed by atoms with E-state index in [-0.39, 0.29) is 23.6 Å². The molecule has 4 aromatic rings. The van der Waals surface area contributed by atoms with Gasteiger partial charge < -0.3 is 4.74 Å². The number of ether oxygens (including phenoxy) is 1. The average molecular weight is 482 g/mol. The van der Waals surface area contributed by atoms with Gasteiger partial charge in [0.2, 0.25) is 0 Å². The van der Waals surface area contributed by atoms with E-state index < -0.39 is 23.1 Å². The molecule has 4 heterocycles. The molecule has 6 rings (SSSR count). The van der Waals surface area contributed by atoms with Crippen LogP contribution in [-0.2, 0) is 4.74 Å². The highest BCUT2D eigenvalue weighted by atomic mass is 19.1. The Morgan fingerprint density at radius 3 is 2.58 bits per heavy atom. The maximum Gasteiger partial charge on any atom is 0.182 e. The van der Waals surface area contributed by atoms with Crippen molar-refractivity contribution in [2.75, 3.05) is 0 Å². The summed E-state index contributed by atoms with van der Waals surface area (Å²) in [7, 11) is 12.6. The molecule has 11 heteroatoms. The molecule has 1 saturated heterocycles. The highest BCUT2D eigenvalue weighted by molar-refractivity contribution is 6.39. The quantitative estimate of drug-likeness (QED) is 0.407. The van der Waals surface area contributed by atoms with Crippen molar-refractivity contribution in [2.24, 2.45) is 0 Å². The Kier molecular flexibility index (Phi) is 5.44. The van der Waals surface area contributed by atoms with Crippen LogP contribution in [0.1, 0.15) is 66.5 Å². The number of benzene rings is 1. The summed E-state index contributed by atoms with van der Waals surface area (Å²) in [5, 5.41) is 3.03. The zero-order valence-corrected chi connectivity index (χ0v) is 19.9. The molecule has 2 unspecified atom stereocenters. The molecule has 2 fully saturated rings. The lowest BCUT2D eigenvalue weighted by molar-refractivity contribution is -0.0441. The van der Waals surface area contributed by atoms with Gasteiger partial charge in [-0.2, -0.15) is 5.10 Å². The van der Waals surface area contributed by atoms with E-state index in [0.717, 1.165) is 24.5 Å². The maximum atomic E-state index is 14.9. The molecule has 1 aromatic carbocycles. The van der Waals surface area contributed by atoms with Crippen LogP contribution in [0.15, 0.2) is 30.6 Å². The second kappa shape index (κ2) is 8.44. The van der Waals surface area contributed by atoms with E-state index in [9.17, 15) is 8.78 Å². The molecule has 2 atom stereocenters. The summed E-state index contributed by atoms with van der Waals surface area (Å²) in [4.78, 5) is 18.6. The van der Waals surface area contributed by atoms with E-state index in [1.165, 1.54) is 12.1 Å². The second-order valence-corrected chi connectivity index (χ2v) is 9.80. The first kappa shape index (κ1) is 23.2. The van der Waals surface area contributed by atoms with Crippen molar-refractivity contribution in [3.05, 3.63) is 65.0 Å². The van der Waals surface area contributed by atoms with Gasteiger partial charge in [-0.05, 0) is 57.1 Å². The van der Waals surface area contributed by atoms with Gasteiger partial charge in [0.25, 0.3) is 0 Å². The number of aromatic nitrogens is 6. The van der Waals surface area contributed by atoms with Crippen molar-refractivity contribution in [1.29, 1.82) is 0 Å². The standard InChI is InChI=1S/C25H22B2F2N6O/c1-12-13(2)32-24-22(31-12)21(18-6-3-16(28)8-19(18)29)33-23(34-24)14-7-20(36-25(26,27)9-14)15-10-30-35(11-15)17-4-5-17/h3,6,8,10-11,14,17,20H,4-5,7,9H2,1-2H3. The van der Waals surface area contributed by atoms with Crippen LogP contribution in [0.5, 0.6) is 0 Å². The zero-order valence-electron chi connectivity index (χ0n) is 19.9. The smallest absolute Gasteiger partial charge is 0.182 e. The molecular weight excluding hydrogens is 460 g/mol. The van der Waals surface area contributed by atoms with Gasteiger partial charge in [0, 0.05) is 29.3 Å². The van der Waals surface area contributed by atoms with Crippen LogP contribution in [0, 0.1) is 25.5 Å². The Morgan fingerprint density at radius 1 is 1.06 bits per heavy atom. The molecule has 1 aliphatic heterocycles. The van der Waals surface area contributed by atoms with Crippen LogP contribution < -0.4 is 0 Å². The van der Waals surface area contributed by atoms with Crippen LogP contribution in [0.2, 0.25) is 0 Å². The van der Waals surface area contributed by atoms with Crippen LogP contribution in [0.3, 0.4) is 0 Å². The van der Waals surface area contributed by atoms with Crippen LogP contribution >= 0.6 is 0 Å². The third kappa shape index (κ3) is 4.30. The van der Waals surface area contributed by atoms with Gasteiger partial charge in [-0.3, -0.25) is 4.68 Å². The van der Waals surface area contributed by atoms with Gasteiger partial charge in [-0.25, -0.2) is 28.7 Å². The predicted octanol–water partition coefficient (Wildman–Crippen LogP) is 4.14. The number of fused-ring (bicyclic) bond motifs is 1. The number of hydrogen-bond donors (Lipinski definition) is 0. The van der Waals surface area contributed by atoms with Crippen molar-refractivity contribution in [2.45, 2.75) is 63.0 Å². The van der Waals surface area contributed by atoms with Crippen LogP contribution in [0.4, 0.5) is 8.78 Å². The lowest BCUT2D eigenvalue weighted by atomic mass is 9.59. The lowest BCUT2D eigenvalue weighted by Gasteiger charge is -2.41. The van der Waals surface area contributed by atoms with Gasteiger partial charge in [0.15, 0.2) is 5.65 Å². The summed E-state index contributed by atoms with van der Waals surface area (Å²) in [6.07, 6.45) is 6.30. The largest absolute Gasteiger partial charge is 0.386 e. The Balaban J connectivity index is 1.45. The molecule has 0 amide bonds. The zero-order chi connectivity index (χ0) is 25.2. The Morgan fingerprint density at radius 2 is 1.83 bits per heavy atom. The van der Waals surface area contributed by atoms with Gasteiger partial charge >= 0.3 is 0 Å². The fourth-order valence-corrected chi connectivity index (χ4v) is 4.73. The van der Waals surface area contributed by atoms with Crippen molar-refractivity contribution >= 4 is 26.9 Å². The van der Waals surface area contributed by atoms with Crippen molar-refractivity contribution in [3.8, 4) is 11.3 Å². The molecule has 0 spiro atoms. The maximum absolute atomic E-state index is 14.9. The molecule has 0 bridgehead atoms. The summed E-state index contributed by atoms with van der Waals surface area (Å²) in [6.45, 7) is 3.64. The third-order valence-electron chi connectivity index (χ3n) is 6.85. The van der Waals surface area contributed by atoms with Crippen molar-refractivity contribution in [3.63, 3.8) is 0 Å². The highest BCUT2D eigenvalue weighted by Crippen LogP contribution is 2.43. The summed E-state index contributed by atoms with van der Waals surface area (Å²) in [6, 6.07) is 3.79. The molecule has 0 N–H and O–H groups in total. The molecular formula is C25H22B2F2N6O. The van der Waals surface area contributed by atoms with E-state index in [1.807, 2.05) is 24.7 Å². The fourth-order valence-electron chi connectivity index (χ4n) is 4.73. The molecule has 1 saturated carbocycles. The SMILES string of the molecule is [B]C1([B])CC(c2nc(-c3ccc(F)cc3F)c3nc(C)c(C)nc3n2)CC(c2cnn(C3CC3)c2)O1. The fraction of sp³-hybridized carbons (Fsp3) is 0.400. The molecule has 2 aliphatic rings. The molecule has 178 valence electrons. The minimum atomic E-state index is -1.43. The van der Waals surface area contributed by atoms with Crippen LogP contribution in [-0.4, -0.2) is 50.8 Å². The first-order chi connectivity index (χ1) is 17.2. The summed E-state index contributed by atoms with van der Waals surface area (Å²) < 4.78 is 36.5. The minimum Gasteiger partial charge on any atom is -0.386 e. The molecule has 3 aromatic heterocycles. The van der Waals surface area contributed by atoms with E-state index in [0.29, 0.717) is 40.8 Å². The van der Waals surface area contributed by atoms with Gasteiger partial charge in [0.05, 0.1) is 45.4 Å². The predicted molar refractivity (Wildman–Crippen MR) is 130 cm³/mol. The number of nitrogens with zero attached hydrogens (tertiary/aromatic N) is 6. The van der Waals surface area contributed by atoms with Crippen LogP contribution in [0.25, 0.3) is 22.4 Å². The van der Waals surface area contributed by atoms with Gasteiger partial charge in [-0.1, -0.05) is 0 Å². The number of halogens is 2. The number of rotatable bonds is 4. The summed E-state index contributed by atoms with van der Waals surface area (Å²) in [5.41, 5.74) is 3.27. The second-order valence-electron chi connectivity index (χ2n) is 9.80. The van der Waals surface area contributed by atoms with E-state index in [4.69, 9.17) is 30.4 Å². The van der Waals surface area contributed by atoms with E-state index in [2.05, 4.69) is 15.1 Å². The molecule has 7 nitrogen and oxygen atoms in total. The third-order valence-corrected chi connectivity index (χ3v) is 6.85. The Hall–Kier alpha value is -3.20. The molecule has 1 aliphatic carbocycles. The first-order valence-electron chi connectivity index (χ1n) is 11.9. The number of aryl methyl sites for hydroxylation is 2. The van der Waals surface area contributed by atoms with E-state index >= 15 is 0 Å². The van der Waals surface area contributed by atoms with Gasteiger partial charge in [-0.15, -0.1) is 0 Å².